The highest BCUT2D eigenvalue weighted by atomic mass is 32.1. The Bertz CT molecular complexity index is 496. The van der Waals surface area contributed by atoms with Gasteiger partial charge in [0, 0.05) is 40.3 Å². The van der Waals surface area contributed by atoms with Crippen LogP contribution in [0.2, 0.25) is 0 Å². The lowest BCUT2D eigenvalue weighted by atomic mass is 10.3. The Kier molecular flexibility index (Phi) is 3.20. The van der Waals surface area contributed by atoms with E-state index in [1.807, 2.05) is 0 Å². The van der Waals surface area contributed by atoms with Gasteiger partial charge < -0.3 is 4.90 Å². The molecule has 1 saturated heterocycles. The van der Waals surface area contributed by atoms with Crippen molar-refractivity contribution in [1.82, 2.24) is 15.0 Å². The van der Waals surface area contributed by atoms with E-state index in [2.05, 4.69) is 53.3 Å². The number of fused-ring (bicyclic) bond motifs is 1. The maximum Gasteiger partial charge on any atom is 0.186 e. The van der Waals surface area contributed by atoms with Crippen LogP contribution >= 0.6 is 11.3 Å². The fraction of sp³-hybridized carbons (Fsp3) is 0.462. The van der Waals surface area contributed by atoms with Gasteiger partial charge in [0.25, 0.3) is 0 Å². The number of rotatable bonds is 2. The summed E-state index contributed by atoms with van der Waals surface area (Å²) in [6.07, 6.45) is 0. The molecule has 1 aromatic heterocycles. The Balaban J connectivity index is 1.76. The number of hydrazine groups is 1. The molecule has 96 valence electrons. The lowest BCUT2D eigenvalue weighted by Gasteiger charge is -2.37. The Morgan fingerprint density at radius 2 is 1.83 bits per heavy atom. The van der Waals surface area contributed by atoms with Crippen LogP contribution in [0.15, 0.2) is 24.3 Å². The molecule has 1 aliphatic rings. The summed E-state index contributed by atoms with van der Waals surface area (Å²) in [5, 5.41) is 5.70. The molecule has 3 rings (SSSR count). The first-order valence-electron chi connectivity index (χ1n) is 6.27. The van der Waals surface area contributed by atoms with Crippen LogP contribution in [0.3, 0.4) is 0 Å². The van der Waals surface area contributed by atoms with Gasteiger partial charge in [0.15, 0.2) is 5.13 Å². The molecule has 0 amide bonds. The monoisotopic (exact) mass is 262 g/mol. The third kappa shape index (κ3) is 2.21. The van der Waals surface area contributed by atoms with Crippen molar-refractivity contribution in [3.63, 3.8) is 0 Å². The van der Waals surface area contributed by atoms with Gasteiger partial charge in [-0.3, -0.25) is 0 Å². The number of benzene rings is 1. The van der Waals surface area contributed by atoms with Gasteiger partial charge in [-0.2, -0.15) is 0 Å². The number of thiazole rings is 1. The maximum atomic E-state index is 4.72. The fourth-order valence-electron chi connectivity index (χ4n) is 2.28. The van der Waals surface area contributed by atoms with Crippen LogP contribution in [0, 0.1) is 0 Å². The third-order valence-corrected chi connectivity index (χ3v) is 4.47. The predicted molar refractivity (Wildman–Crippen MR) is 77.1 cm³/mol. The van der Waals surface area contributed by atoms with Gasteiger partial charge in [-0.25, -0.2) is 15.0 Å². The lowest BCUT2D eigenvalue weighted by Crippen LogP contribution is -2.51. The first-order chi connectivity index (χ1) is 8.74. The minimum Gasteiger partial charge on any atom is -0.345 e. The molecule has 0 atom stereocenters. The molecule has 0 bridgehead atoms. The molecule has 1 aliphatic heterocycles. The third-order valence-electron chi connectivity index (χ3n) is 3.37. The molecule has 4 nitrogen and oxygen atoms in total. The molecule has 0 spiro atoms. The Labute approximate surface area is 111 Å². The summed E-state index contributed by atoms with van der Waals surface area (Å²) in [5.74, 6) is 0. The van der Waals surface area contributed by atoms with Gasteiger partial charge in [-0.15, -0.1) is 0 Å². The highest BCUT2D eigenvalue weighted by Gasteiger charge is 2.20. The van der Waals surface area contributed by atoms with Gasteiger partial charge in [0.2, 0.25) is 0 Å². The summed E-state index contributed by atoms with van der Waals surface area (Å²) >= 11 is 1.80. The zero-order valence-corrected chi connectivity index (χ0v) is 11.7. The lowest BCUT2D eigenvalue weighted by molar-refractivity contribution is 0.0201. The molecule has 18 heavy (non-hydrogen) atoms. The van der Waals surface area contributed by atoms with Crippen LogP contribution in [0.1, 0.15) is 0 Å². The number of hydrogen-bond donors (Lipinski definition) is 0. The van der Waals surface area contributed by atoms with Crippen LogP contribution in [-0.2, 0) is 0 Å². The van der Waals surface area contributed by atoms with Crippen molar-refractivity contribution in [2.75, 3.05) is 45.2 Å². The summed E-state index contributed by atoms with van der Waals surface area (Å²) in [7, 11) is 4.21. The number of anilines is 1. The van der Waals surface area contributed by atoms with Crippen molar-refractivity contribution < 1.29 is 0 Å². The second-order valence-electron chi connectivity index (χ2n) is 4.75. The summed E-state index contributed by atoms with van der Waals surface area (Å²) in [5.41, 5.74) is 1.12. The van der Waals surface area contributed by atoms with E-state index in [4.69, 9.17) is 4.98 Å². The number of hydrogen-bond acceptors (Lipinski definition) is 5. The van der Waals surface area contributed by atoms with Crippen molar-refractivity contribution in [2.45, 2.75) is 0 Å². The molecule has 5 heteroatoms. The van der Waals surface area contributed by atoms with E-state index in [0.29, 0.717) is 0 Å². The van der Waals surface area contributed by atoms with Crippen LogP contribution in [0.5, 0.6) is 0 Å². The van der Waals surface area contributed by atoms with Crippen molar-refractivity contribution in [1.29, 1.82) is 0 Å². The van der Waals surface area contributed by atoms with Gasteiger partial charge in [0.05, 0.1) is 10.2 Å². The highest BCUT2D eigenvalue weighted by molar-refractivity contribution is 7.22. The van der Waals surface area contributed by atoms with Crippen LogP contribution in [0.25, 0.3) is 10.2 Å². The highest BCUT2D eigenvalue weighted by Crippen LogP contribution is 2.29. The standard InChI is InChI=1S/C13H18N4S/c1-15(2)17-9-7-16(8-10-17)13-14-11-5-3-4-6-12(11)18-13/h3-6H,7-10H2,1-2H3. The minimum absolute atomic E-state index is 1.05. The molecule has 0 unspecified atom stereocenters. The SMILES string of the molecule is CN(C)N1CCN(c2nc3ccccc3s2)CC1. The molecule has 2 heterocycles. The zero-order valence-electron chi connectivity index (χ0n) is 10.8. The van der Waals surface area contributed by atoms with E-state index in [1.165, 1.54) is 4.70 Å². The number of nitrogens with zero attached hydrogens (tertiary/aromatic N) is 4. The smallest absolute Gasteiger partial charge is 0.186 e. The Morgan fingerprint density at radius 1 is 1.11 bits per heavy atom. The summed E-state index contributed by atoms with van der Waals surface area (Å²) in [6.45, 7) is 4.25. The van der Waals surface area contributed by atoms with Crippen molar-refractivity contribution in [2.24, 2.45) is 0 Å². The van der Waals surface area contributed by atoms with E-state index in [9.17, 15) is 0 Å². The van der Waals surface area contributed by atoms with Crippen LogP contribution < -0.4 is 4.90 Å². The quantitative estimate of drug-likeness (QED) is 0.824. The molecular formula is C13H18N4S. The van der Waals surface area contributed by atoms with E-state index >= 15 is 0 Å². The normalized spacial score (nSPS) is 17.8. The molecule has 0 radical (unpaired) electrons. The first-order valence-corrected chi connectivity index (χ1v) is 7.08. The van der Waals surface area contributed by atoms with Gasteiger partial charge >= 0.3 is 0 Å². The molecule has 0 N–H and O–H groups in total. The van der Waals surface area contributed by atoms with E-state index in [1.54, 1.807) is 11.3 Å². The number of para-hydroxylation sites is 1. The second-order valence-corrected chi connectivity index (χ2v) is 5.76. The molecule has 1 aromatic carbocycles. The van der Waals surface area contributed by atoms with Gasteiger partial charge in [-0.1, -0.05) is 23.5 Å². The van der Waals surface area contributed by atoms with Gasteiger partial charge in [-0.05, 0) is 12.1 Å². The molecule has 2 aromatic rings. The summed E-state index contributed by atoms with van der Waals surface area (Å²) in [6, 6.07) is 8.36. The Hall–Kier alpha value is -1.17. The summed E-state index contributed by atoms with van der Waals surface area (Å²) < 4.78 is 1.28. The molecule has 0 aliphatic carbocycles. The average molecular weight is 262 g/mol. The topological polar surface area (TPSA) is 22.6 Å². The van der Waals surface area contributed by atoms with Crippen molar-refractivity contribution in [3.8, 4) is 0 Å². The first kappa shape index (κ1) is 11.9. The minimum atomic E-state index is 1.05. The zero-order chi connectivity index (χ0) is 12.5. The molecular weight excluding hydrogens is 244 g/mol. The van der Waals surface area contributed by atoms with Gasteiger partial charge in [0.1, 0.15) is 0 Å². The molecule has 0 saturated carbocycles. The van der Waals surface area contributed by atoms with E-state index in [0.717, 1.165) is 36.8 Å². The van der Waals surface area contributed by atoms with Crippen LogP contribution in [-0.4, -0.2) is 55.3 Å². The molecule has 1 fully saturated rings. The maximum absolute atomic E-state index is 4.72. The fourth-order valence-corrected chi connectivity index (χ4v) is 3.30. The van der Waals surface area contributed by atoms with E-state index in [-0.39, 0.29) is 0 Å². The van der Waals surface area contributed by atoms with Crippen molar-refractivity contribution in [3.05, 3.63) is 24.3 Å². The largest absolute Gasteiger partial charge is 0.345 e. The van der Waals surface area contributed by atoms with E-state index < -0.39 is 0 Å². The Morgan fingerprint density at radius 3 is 2.50 bits per heavy atom. The predicted octanol–water partition coefficient (Wildman–Crippen LogP) is 1.89. The number of aromatic nitrogens is 1. The van der Waals surface area contributed by atoms with Crippen molar-refractivity contribution >= 4 is 26.7 Å². The van der Waals surface area contributed by atoms with Crippen LogP contribution in [0.4, 0.5) is 5.13 Å². The average Bonchev–Trinajstić information content (AvgIpc) is 2.82. The number of piperazine rings is 1. The second kappa shape index (κ2) is 4.84. The summed E-state index contributed by atoms with van der Waals surface area (Å²) in [4.78, 5) is 7.11.